The molecule has 4 rings (SSSR count). The summed E-state index contributed by atoms with van der Waals surface area (Å²) in [4.78, 5) is 15.2. The van der Waals surface area contributed by atoms with Gasteiger partial charge < -0.3 is 10.0 Å². The number of hydrogen-bond acceptors (Lipinski definition) is 4. The van der Waals surface area contributed by atoms with E-state index in [4.69, 9.17) is 0 Å². The Balaban J connectivity index is 1.61. The van der Waals surface area contributed by atoms with Crippen LogP contribution in [0.25, 0.3) is 0 Å². The number of fused-ring (bicyclic) bond motifs is 1. The van der Waals surface area contributed by atoms with Crippen molar-refractivity contribution >= 4 is 17.2 Å². The van der Waals surface area contributed by atoms with Crippen molar-refractivity contribution in [1.82, 2.24) is 14.7 Å². The summed E-state index contributed by atoms with van der Waals surface area (Å²) in [5.41, 5.74) is 3.97. The number of carbonyl (C=O) groups is 1. The average molecular weight is 353 g/mol. The number of rotatable bonds is 4. The molecule has 0 atom stereocenters. The Hall–Kier alpha value is -2.44. The van der Waals surface area contributed by atoms with Gasteiger partial charge in [0.25, 0.3) is 5.91 Å². The maximum absolute atomic E-state index is 12.6. The number of nitrogens with zero attached hydrogens (tertiary/aromatic N) is 3. The Bertz CT molecular complexity index is 872. The quantitative estimate of drug-likeness (QED) is 0.784. The van der Waals surface area contributed by atoms with Crippen molar-refractivity contribution in [2.75, 3.05) is 6.54 Å². The molecule has 0 unspecified atom stereocenters. The highest BCUT2D eigenvalue weighted by molar-refractivity contribution is 7.12. The van der Waals surface area contributed by atoms with Crippen LogP contribution in [0.2, 0.25) is 0 Å². The fourth-order valence-corrected chi connectivity index (χ4v) is 4.00. The maximum Gasteiger partial charge on any atom is 0.264 e. The summed E-state index contributed by atoms with van der Waals surface area (Å²) in [7, 11) is 0. The zero-order valence-corrected chi connectivity index (χ0v) is 14.6. The molecular formula is C19H19N3O2S. The van der Waals surface area contributed by atoms with E-state index in [9.17, 15) is 9.90 Å². The second kappa shape index (κ2) is 6.82. The smallest absolute Gasteiger partial charge is 0.264 e. The molecule has 0 radical (unpaired) electrons. The molecule has 6 heteroatoms. The summed E-state index contributed by atoms with van der Waals surface area (Å²) in [6.07, 6.45) is 0.756. The zero-order chi connectivity index (χ0) is 17.2. The van der Waals surface area contributed by atoms with Crippen LogP contribution < -0.4 is 0 Å². The van der Waals surface area contributed by atoms with E-state index in [0.29, 0.717) is 25.3 Å². The van der Waals surface area contributed by atoms with Crippen LogP contribution in [0.1, 0.15) is 32.2 Å². The normalized spacial score (nSPS) is 13.7. The molecule has 1 aliphatic heterocycles. The van der Waals surface area contributed by atoms with Gasteiger partial charge in [-0.3, -0.25) is 9.48 Å². The highest BCUT2D eigenvalue weighted by Gasteiger charge is 2.28. The van der Waals surface area contributed by atoms with E-state index in [-0.39, 0.29) is 12.5 Å². The molecule has 0 fully saturated rings. The lowest BCUT2D eigenvalue weighted by molar-refractivity contribution is 0.0737. The molecule has 5 nitrogen and oxygen atoms in total. The van der Waals surface area contributed by atoms with E-state index in [1.807, 2.05) is 45.3 Å². The fourth-order valence-electron chi connectivity index (χ4n) is 3.31. The molecule has 0 saturated carbocycles. The molecular weight excluding hydrogens is 334 g/mol. The molecule has 3 aromatic rings. The van der Waals surface area contributed by atoms with Crippen LogP contribution in [0.15, 0.2) is 47.8 Å². The minimum Gasteiger partial charge on any atom is -0.390 e. The van der Waals surface area contributed by atoms with Crippen LogP contribution in [-0.2, 0) is 26.1 Å². The third kappa shape index (κ3) is 3.10. The molecule has 0 spiro atoms. The predicted molar refractivity (Wildman–Crippen MR) is 96.5 cm³/mol. The molecule has 25 heavy (non-hydrogen) atoms. The number of carbonyl (C=O) groups excluding carboxylic acids is 1. The first-order valence-electron chi connectivity index (χ1n) is 8.31. The highest BCUT2D eigenvalue weighted by atomic mass is 32.1. The molecule has 128 valence electrons. The van der Waals surface area contributed by atoms with Crippen molar-refractivity contribution in [3.63, 3.8) is 0 Å². The first kappa shape index (κ1) is 16.1. The minimum atomic E-state index is -0.106. The van der Waals surface area contributed by atoms with Crippen molar-refractivity contribution in [1.29, 1.82) is 0 Å². The van der Waals surface area contributed by atoms with Gasteiger partial charge in [0.05, 0.1) is 23.7 Å². The third-order valence-electron chi connectivity index (χ3n) is 4.56. The molecule has 0 bridgehead atoms. The summed E-state index contributed by atoms with van der Waals surface area (Å²) in [6, 6.07) is 13.9. The fraction of sp³-hybridized carbons (Fsp3) is 0.263. The number of benzene rings is 1. The van der Waals surface area contributed by atoms with Gasteiger partial charge >= 0.3 is 0 Å². The first-order valence-corrected chi connectivity index (χ1v) is 9.19. The van der Waals surface area contributed by atoms with Crippen LogP contribution in [0.3, 0.4) is 0 Å². The van der Waals surface area contributed by atoms with Crippen molar-refractivity contribution in [2.45, 2.75) is 26.1 Å². The van der Waals surface area contributed by atoms with Gasteiger partial charge in [-0.05, 0) is 17.0 Å². The maximum atomic E-state index is 12.6. The van der Waals surface area contributed by atoms with Gasteiger partial charge in [-0.25, -0.2) is 0 Å². The van der Waals surface area contributed by atoms with Crippen LogP contribution in [-0.4, -0.2) is 32.2 Å². The average Bonchev–Trinajstić information content (AvgIpc) is 3.30. The zero-order valence-electron chi connectivity index (χ0n) is 13.8. The molecule has 1 N–H and O–H groups in total. The van der Waals surface area contributed by atoms with Crippen LogP contribution in [0.4, 0.5) is 0 Å². The number of thiophene rings is 1. The predicted octanol–water partition coefficient (Wildman–Crippen LogP) is 2.68. The van der Waals surface area contributed by atoms with E-state index in [1.165, 1.54) is 16.9 Å². The van der Waals surface area contributed by atoms with E-state index in [1.54, 1.807) is 0 Å². The van der Waals surface area contributed by atoms with Crippen molar-refractivity contribution in [2.24, 2.45) is 0 Å². The van der Waals surface area contributed by atoms with Crippen LogP contribution in [0, 0.1) is 0 Å². The van der Waals surface area contributed by atoms with Crippen LogP contribution >= 0.6 is 11.3 Å². The Morgan fingerprint density at radius 1 is 1.20 bits per heavy atom. The number of aromatic nitrogens is 2. The minimum absolute atomic E-state index is 0.0559. The first-order chi connectivity index (χ1) is 12.3. The Labute approximate surface area is 150 Å². The monoisotopic (exact) mass is 353 g/mol. The van der Waals surface area contributed by atoms with Crippen molar-refractivity contribution < 1.29 is 9.90 Å². The van der Waals surface area contributed by atoms with Gasteiger partial charge in [-0.2, -0.15) is 5.10 Å². The second-order valence-corrected chi connectivity index (χ2v) is 7.08. The second-order valence-electron chi connectivity index (χ2n) is 6.13. The van der Waals surface area contributed by atoms with Crippen LogP contribution in [0.5, 0.6) is 0 Å². The highest BCUT2D eigenvalue weighted by Crippen LogP contribution is 2.25. The molecule has 1 amide bonds. The number of aliphatic hydroxyl groups excluding tert-OH is 1. The van der Waals surface area contributed by atoms with Crippen molar-refractivity contribution in [3.8, 4) is 0 Å². The van der Waals surface area contributed by atoms with E-state index in [0.717, 1.165) is 22.6 Å². The van der Waals surface area contributed by atoms with Gasteiger partial charge in [0.2, 0.25) is 0 Å². The summed E-state index contributed by atoms with van der Waals surface area (Å²) < 4.78 is 1.98. The molecule has 0 aliphatic carbocycles. The van der Waals surface area contributed by atoms with Gasteiger partial charge in [-0.15, -0.1) is 11.3 Å². The van der Waals surface area contributed by atoms with Gasteiger partial charge in [0.15, 0.2) is 0 Å². The van der Waals surface area contributed by atoms with Gasteiger partial charge in [0.1, 0.15) is 0 Å². The number of hydrogen-bond donors (Lipinski definition) is 1. The standard InChI is InChI=1S/C19H19N3O2S/c23-13-16-15-12-21(19(24)18-7-4-10-25-18)9-8-17(15)22(20-16)11-14-5-2-1-3-6-14/h1-7,10,23H,8-9,11-13H2. The molecule has 1 aliphatic rings. The lowest BCUT2D eigenvalue weighted by Gasteiger charge is -2.27. The Kier molecular flexibility index (Phi) is 4.38. The van der Waals surface area contributed by atoms with Gasteiger partial charge in [-0.1, -0.05) is 36.4 Å². The number of amides is 1. The SMILES string of the molecule is O=C(c1cccs1)N1CCc2c(c(CO)nn2Cc2ccccc2)C1. The summed E-state index contributed by atoms with van der Waals surface area (Å²) in [5.74, 6) is 0.0559. The lowest BCUT2D eigenvalue weighted by atomic mass is 10.0. The largest absolute Gasteiger partial charge is 0.390 e. The summed E-state index contributed by atoms with van der Waals surface area (Å²) >= 11 is 1.46. The molecule has 1 aromatic carbocycles. The van der Waals surface area contributed by atoms with E-state index < -0.39 is 0 Å². The third-order valence-corrected chi connectivity index (χ3v) is 5.42. The number of aliphatic hydroxyl groups is 1. The molecule has 0 saturated heterocycles. The summed E-state index contributed by atoms with van der Waals surface area (Å²) in [5, 5.41) is 16.2. The molecule has 2 aromatic heterocycles. The Morgan fingerprint density at radius 3 is 2.76 bits per heavy atom. The lowest BCUT2D eigenvalue weighted by Crippen LogP contribution is -2.36. The van der Waals surface area contributed by atoms with E-state index >= 15 is 0 Å². The van der Waals surface area contributed by atoms with E-state index in [2.05, 4.69) is 17.2 Å². The topological polar surface area (TPSA) is 58.4 Å². The Morgan fingerprint density at radius 2 is 2.04 bits per heavy atom. The van der Waals surface area contributed by atoms with Gasteiger partial charge in [0, 0.05) is 30.8 Å². The van der Waals surface area contributed by atoms with Crippen molar-refractivity contribution in [3.05, 3.63) is 75.2 Å². The molecule has 3 heterocycles. The summed E-state index contributed by atoms with van der Waals surface area (Å²) in [6.45, 7) is 1.76.